The average molecular weight is 189 g/mol. The third-order valence-electron chi connectivity index (χ3n) is 3.76. The Bertz CT molecular complexity index is 394. The van der Waals surface area contributed by atoms with E-state index in [0.717, 1.165) is 12.8 Å². The van der Waals surface area contributed by atoms with Gasteiger partial charge in [0, 0.05) is 6.08 Å². The monoisotopic (exact) mass is 189 g/mol. The van der Waals surface area contributed by atoms with Crippen molar-refractivity contribution in [1.82, 2.24) is 0 Å². The second kappa shape index (κ2) is 2.35. The first-order valence-electron chi connectivity index (χ1n) is 4.95. The Labute approximate surface area is 82.0 Å². The summed E-state index contributed by atoms with van der Waals surface area (Å²) in [6.45, 7) is 0. The summed E-state index contributed by atoms with van der Waals surface area (Å²) in [6, 6.07) is 0. The minimum atomic E-state index is -0.261. The van der Waals surface area contributed by atoms with Crippen molar-refractivity contribution in [3.8, 4) is 0 Å². The second-order valence-corrected chi connectivity index (χ2v) is 4.40. The molecular formula is C11H11NO2. The number of nitro groups is 1. The SMILES string of the molecule is O=[N+]([O-])C1=CC=CC2CC3C=CC12C3. The fourth-order valence-corrected chi connectivity index (χ4v) is 3.15. The Hall–Kier alpha value is -1.38. The zero-order valence-electron chi connectivity index (χ0n) is 7.72. The molecule has 3 atom stereocenters. The minimum absolute atomic E-state index is 0.214. The van der Waals surface area contributed by atoms with Crippen LogP contribution in [0.15, 0.2) is 36.1 Å². The number of hydrogen-bond acceptors (Lipinski definition) is 2. The van der Waals surface area contributed by atoms with Gasteiger partial charge in [-0.25, -0.2) is 0 Å². The molecule has 3 aliphatic rings. The summed E-state index contributed by atoms with van der Waals surface area (Å²) in [6.07, 6.45) is 11.8. The van der Waals surface area contributed by atoms with Crippen LogP contribution in [0.3, 0.4) is 0 Å². The van der Waals surface area contributed by atoms with Gasteiger partial charge in [-0.15, -0.1) is 0 Å². The predicted octanol–water partition coefficient (Wildman–Crippen LogP) is 2.30. The zero-order chi connectivity index (χ0) is 9.76. The second-order valence-electron chi connectivity index (χ2n) is 4.40. The van der Waals surface area contributed by atoms with Crippen LogP contribution in [0.4, 0.5) is 0 Å². The van der Waals surface area contributed by atoms with Crippen LogP contribution in [0, 0.1) is 27.4 Å². The smallest absolute Gasteiger partial charge is 0.256 e. The van der Waals surface area contributed by atoms with Gasteiger partial charge in [-0.05, 0) is 24.7 Å². The van der Waals surface area contributed by atoms with E-state index in [1.54, 1.807) is 6.08 Å². The summed E-state index contributed by atoms with van der Waals surface area (Å²) >= 11 is 0. The molecule has 1 spiro atoms. The molecule has 3 aliphatic carbocycles. The Morgan fingerprint density at radius 1 is 1.50 bits per heavy atom. The van der Waals surface area contributed by atoms with Gasteiger partial charge in [0.2, 0.25) is 0 Å². The molecule has 0 N–H and O–H groups in total. The predicted molar refractivity (Wildman–Crippen MR) is 52.0 cm³/mol. The molecule has 1 fully saturated rings. The van der Waals surface area contributed by atoms with E-state index >= 15 is 0 Å². The van der Waals surface area contributed by atoms with Crippen LogP contribution >= 0.6 is 0 Å². The first-order chi connectivity index (χ1) is 6.72. The topological polar surface area (TPSA) is 43.1 Å². The van der Waals surface area contributed by atoms with Crippen molar-refractivity contribution in [3.63, 3.8) is 0 Å². The van der Waals surface area contributed by atoms with Gasteiger partial charge in [-0.2, -0.15) is 0 Å². The number of nitrogens with zero attached hydrogens (tertiary/aromatic N) is 1. The Morgan fingerprint density at radius 2 is 2.36 bits per heavy atom. The van der Waals surface area contributed by atoms with Crippen molar-refractivity contribution in [2.75, 3.05) is 0 Å². The molecule has 0 amide bonds. The van der Waals surface area contributed by atoms with E-state index in [1.807, 2.05) is 6.08 Å². The van der Waals surface area contributed by atoms with Gasteiger partial charge in [0.05, 0.1) is 10.3 Å². The van der Waals surface area contributed by atoms with Crippen LogP contribution in [0.25, 0.3) is 0 Å². The highest BCUT2D eigenvalue weighted by atomic mass is 16.6. The maximum Gasteiger partial charge on any atom is 0.256 e. The largest absolute Gasteiger partial charge is 0.259 e. The molecule has 3 rings (SSSR count). The van der Waals surface area contributed by atoms with Gasteiger partial charge in [0.15, 0.2) is 0 Å². The molecule has 0 saturated heterocycles. The van der Waals surface area contributed by atoms with Crippen molar-refractivity contribution in [2.24, 2.45) is 17.3 Å². The number of fused-ring (bicyclic) bond motifs is 1. The summed E-state index contributed by atoms with van der Waals surface area (Å²) in [4.78, 5) is 10.7. The highest BCUT2D eigenvalue weighted by molar-refractivity contribution is 5.36. The van der Waals surface area contributed by atoms with Gasteiger partial charge < -0.3 is 0 Å². The van der Waals surface area contributed by atoms with Crippen LogP contribution in [0.5, 0.6) is 0 Å². The van der Waals surface area contributed by atoms with E-state index in [1.165, 1.54) is 0 Å². The third-order valence-corrected chi connectivity index (χ3v) is 3.76. The lowest BCUT2D eigenvalue weighted by Gasteiger charge is -2.29. The summed E-state index contributed by atoms with van der Waals surface area (Å²) < 4.78 is 0. The van der Waals surface area contributed by atoms with E-state index in [4.69, 9.17) is 0 Å². The van der Waals surface area contributed by atoms with Crippen molar-refractivity contribution >= 4 is 0 Å². The Balaban J connectivity index is 2.13. The molecule has 0 radical (unpaired) electrons. The number of allylic oxidation sites excluding steroid dienone is 5. The molecular weight excluding hydrogens is 178 g/mol. The van der Waals surface area contributed by atoms with Crippen LogP contribution in [0.1, 0.15) is 12.8 Å². The van der Waals surface area contributed by atoms with E-state index in [9.17, 15) is 10.1 Å². The maximum atomic E-state index is 10.9. The lowest BCUT2D eigenvalue weighted by molar-refractivity contribution is -0.440. The minimum Gasteiger partial charge on any atom is -0.259 e. The van der Waals surface area contributed by atoms with Crippen molar-refractivity contribution < 1.29 is 4.92 Å². The van der Waals surface area contributed by atoms with Gasteiger partial charge >= 0.3 is 0 Å². The van der Waals surface area contributed by atoms with Crippen molar-refractivity contribution in [1.29, 1.82) is 0 Å². The molecule has 3 nitrogen and oxygen atoms in total. The molecule has 0 aliphatic heterocycles. The molecule has 0 aromatic carbocycles. The first-order valence-corrected chi connectivity index (χ1v) is 4.95. The summed E-state index contributed by atoms with van der Waals surface area (Å²) in [7, 11) is 0. The van der Waals surface area contributed by atoms with E-state index in [2.05, 4.69) is 18.2 Å². The van der Waals surface area contributed by atoms with Crippen LogP contribution in [-0.4, -0.2) is 4.92 Å². The zero-order valence-corrected chi connectivity index (χ0v) is 7.72. The van der Waals surface area contributed by atoms with Crippen LogP contribution in [0.2, 0.25) is 0 Å². The summed E-state index contributed by atoms with van der Waals surface area (Å²) in [5.74, 6) is 0.925. The van der Waals surface area contributed by atoms with Crippen molar-refractivity contribution in [3.05, 3.63) is 46.2 Å². The molecule has 0 aromatic heterocycles. The normalized spacial score (nSPS) is 42.4. The molecule has 0 heterocycles. The van der Waals surface area contributed by atoms with Gasteiger partial charge in [0.1, 0.15) is 0 Å². The Kier molecular flexibility index (Phi) is 1.34. The lowest BCUT2D eigenvalue weighted by atomic mass is 9.73. The maximum absolute atomic E-state index is 10.9. The van der Waals surface area contributed by atoms with E-state index in [-0.39, 0.29) is 10.3 Å². The van der Waals surface area contributed by atoms with Crippen LogP contribution < -0.4 is 0 Å². The van der Waals surface area contributed by atoms with E-state index < -0.39 is 0 Å². The molecule has 0 aromatic rings. The standard InChI is InChI=1S/C11H11NO2/c13-12(14)10-3-1-2-9-6-8-4-5-11(9,10)7-8/h1-5,8-9H,6-7H2. The lowest BCUT2D eigenvalue weighted by Crippen LogP contribution is -2.29. The fraction of sp³-hybridized carbons (Fsp3) is 0.455. The molecule has 2 bridgehead atoms. The molecule has 14 heavy (non-hydrogen) atoms. The first kappa shape index (κ1) is 7.97. The molecule has 72 valence electrons. The van der Waals surface area contributed by atoms with Gasteiger partial charge in [0.25, 0.3) is 5.70 Å². The third kappa shape index (κ3) is 0.775. The average Bonchev–Trinajstić information content (AvgIpc) is 2.71. The highest BCUT2D eigenvalue weighted by Crippen LogP contribution is 2.58. The molecule has 3 heteroatoms. The highest BCUT2D eigenvalue weighted by Gasteiger charge is 2.55. The number of hydrogen-bond donors (Lipinski definition) is 0. The van der Waals surface area contributed by atoms with Gasteiger partial charge in [-0.1, -0.05) is 24.3 Å². The van der Waals surface area contributed by atoms with Crippen molar-refractivity contribution in [2.45, 2.75) is 12.8 Å². The summed E-state index contributed by atoms with van der Waals surface area (Å²) in [5, 5.41) is 10.9. The Morgan fingerprint density at radius 3 is 3.07 bits per heavy atom. The van der Waals surface area contributed by atoms with Crippen LogP contribution in [-0.2, 0) is 0 Å². The van der Waals surface area contributed by atoms with Gasteiger partial charge in [-0.3, -0.25) is 10.1 Å². The number of rotatable bonds is 1. The van der Waals surface area contributed by atoms with E-state index in [0.29, 0.717) is 17.5 Å². The molecule has 1 saturated carbocycles. The summed E-state index contributed by atoms with van der Waals surface area (Å²) in [5.41, 5.74) is 0.129. The fourth-order valence-electron chi connectivity index (χ4n) is 3.15. The molecule has 3 unspecified atom stereocenters. The quantitative estimate of drug-likeness (QED) is 0.361.